The van der Waals surface area contributed by atoms with Crippen molar-refractivity contribution in [3.8, 4) is 22.8 Å². The molecule has 2 aromatic carbocycles. The van der Waals surface area contributed by atoms with Crippen LogP contribution in [0.25, 0.3) is 17.1 Å². The number of thiazole rings is 1. The number of aromatic nitrogens is 4. The van der Waals surface area contributed by atoms with Gasteiger partial charge in [0.2, 0.25) is 0 Å². The number of hydrogen-bond donors (Lipinski definition) is 0. The van der Waals surface area contributed by atoms with Gasteiger partial charge in [-0.2, -0.15) is 0 Å². The van der Waals surface area contributed by atoms with Crippen LogP contribution >= 0.6 is 23.1 Å². The summed E-state index contributed by atoms with van der Waals surface area (Å²) in [6, 6.07) is 16.1. The third kappa shape index (κ3) is 4.71. The van der Waals surface area contributed by atoms with Gasteiger partial charge >= 0.3 is 0 Å². The van der Waals surface area contributed by atoms with Crippen molar-refractivity contribution in [2.24, 2.45) is 0 Å². The summed E-state index contributed by atoms with van der Waals surface area (Å²) >= 11 is 3.08. The number of likely N-dealkylation sites (tertiary alicyclic amines) is 1. The fraction of sp³-hybridized carbons (Fsp3) is 0.280. The molecular weight excluding hydrogens is 466 g/mol. The average Bonchev–Trinajstić information content (AvgIpc) is 3.64. The Hall–Kier alpha value is -3.17. The van der Waals surface area contributed by atoms with Crippen molar-refractivity contribution < 1.29 is 9.53 Å². The standard InChI is InChI=1S/C25H25N5O2S2/c1-17-8-10-19(11-9-17)30-23(18-6-5-7-20(14-18)32-2)27-28-25(30)34-16-22-26-21(15-33-22)24(31)29-12-3-4-13-29/h5-11,14-15H,3-4,12-13,16H2,1-2H3. The number of benzene rings is 2. The van der Waals surface area contributed by atoms with Gasteiger partial charge < -0.3 is 9.64 Å². The Morgan fingerprint density at radius 1 is 1.12 bits per heavy atom. The van der Waals surface area contributed by atoms with Crippen LogP contribution in [0.4, 0.5) is 0 Å². The first-order valence-electron chi connectivity index (χ1n) is 11.2. The lowest BCUT2D eigenvalue weighted by atomic mass is 10.2. The third-order valence-corrected chi connectivity index (χ3v) is 7.71. The van der Waals surface area contributed by atoms with Crippen LogP contribution < -0.4 is 4.74 Å². The van der Waals surface area contributed by atoms with E-state index in [1.54, 1.807) is 18.9 Å². The summed E-state index contributed by atoms with van der Waals surface area (Å²) in [5, 5.41) is 12.6. The lowest BCUT2D eigenvalue weighted by Crippen LogP contribution is -2.27. The molecule has 0 aliphatic carbocycles. The van der Waals surface area contributed by atoms with Crippen LogP contribution in [-0.4, -0.2) is 50.8 Å². The highest BCUT2D eigenvalue weighted by atomic mass is 32.2. The molecule has 3 heterocycles. The van der Waals surface area contributed by atoms with Crippen LogP contribution in [0.1, 0.15) is 33.9 Å². The van der Waals surface area contributed by atoms with Crippen molar-refractivity contribution in [1.82, 2.24) is 24.6 Å². The summed E-state index contributed by atoms with van der Waals surface area (Å²) in [7, 11) is 1.65. The monoisotopic (exact) mass is 491 g/mol. The molecule has 0 spiro atoms. The molecule has 34 heavy (non-hydrogen) atoms. The van der Waals surface area contributed by atoms with Gasteiger partial charge in [0.1, 0.15) is 16.5 Å². The average molecular weight is 492 g/mol. The highest BCUT2D eigenvalue weighted by molar-refractivity contribution is 7.98. The van der Waals surface area contributed by atoms with Gasteiger partial charge in [-0.1, -0.05) is 41.6 Å². The number of carbonyl (C=O) groups is 1. The van der Waals surface area contributed by atoms with Gasteiger partial charge in [-0.15, -0.1) is 21.5 Å². The van der Waals surface area contributed by atoms with Crippen molar-refractivity contribution >= 4 is 29.0 Å². The van der Waals surface area contributed by atoms with Gasteiger partial charge in [0.25, 0.3) is 5.91 Å². The Morgan fingerprint density at radius 3 is 2.68 bits per heavy atom. The van der Waals surface area contributed by atoms with E-state index in [-0.39, 0.29) is 5.91 Å². The number of aryl methyl sites for hydroxylation is 1. The zero-order valence-electron chi connectivity index (χ0n) is 19.1. The number of nitrogens with zero attached hydrogens (tertiary/aromatic N) is 5. The molecule has 0 bridgehead atoms. The molecule has 1 fully saturated rings. The molecule has 7 nitrogen and oxygen atoms in total. The first-order valence-corrected chi connectivity index (χ1v) is 13.0. The summed E-state index contributed by atoms with van der Waals surface area (Å²) in [5.74, 6) is 2.16. The van der Waals surface area contributed by atoms with Crippen LogP contribution in [0, 0.1) is 6.92 Å². The van der Waals surface area contributed by atoms with E-state index in [1.807, 2.05) is 34.5 Å². The molecule has 1 aliphatic rings. The molecular formula is C25H25N5O2S2. The third-order valence-electron chi connectivity index (χ3n) is 5.74. The summed E-state index contributed by atoms with van der Waals surface area (Å²) < 4.78 is 7.47. The highest BCUT2D eigenvalue weighted by Crippen LogP contribution is 2.32. The maximum Gasteiger partial charge on any atom is 0.273 e. The summed E-state index contributed by atoms with van der Waals surface area (Å²) in [5.41, 5.74) is 3.64. The zero-order valence-corrected chi connectivity index (χ0v) is 20.7. The predicted molar refractivity (Wildman–Crippen MR) is 135 cm³/mol. The Kier molecular flexibility index (Phi) is 6.64. The molecule has 1 saturated heterocycles. The van der Waals surface area contributed by atoms with Gasteiger partial charge in [-0.3, -0.25) is 9.36 Å². The van der Waals surface area contributed by atoms with Crippen molar-refractivity contribution in [3.63, 3.8) is 0 Å². The van der Waals surface area contributed by atoms with Gasteiger partial charge in [0.05, 0.1) is 12.9 Å². The SMILES string of the molecule is COc1cccc(-c2nnc(SCc3nc(C(=O)N4CCCC4)cs3)n2-c2ccc(C)cc2)c1. The minimum atomic E-state index is 0.0353. The van der Waals surface area contributed by atoms with Gasteiger partial charge in [0.15, 0.2) is 11.0 Å². The molecule has 0 atom stereocenters. The number of methoxy groups -OCH3 is 1. The molecule has 4 aromatic rings. The van der Waals surface area contributed by atoms with Crippen LogP contribution in [0.3, 0.4) is 0 Å². The molecule has 0 N–H and O–H groups in total. The summed E-state index contributed by atoms with van der Waals surface area (Å²) in [6.07, 6.45) is 2.14. The Balaban J connectivity index is 1.42. The lowest BCUT2D eigenvalue weighted by molar-refractivity contribution is 0.0787. The van der Waals surface area contributed by atoms with Crippen molar-refractivity contribution in [2.75, 3.05) is 20.2 Å². The summed E-state index contributed by atoms with van der Waals surface area (Å²) in [6.45, 7) is 3.72. The molecule has 0 radical (unpaired) electrons. The maximum absolute atomic E-state index is 12.6. The van der Waals surface area contributed by atoms with Crippen molar-refractivity contribution in [1.29, 1.82) is 0 Å². The van der Waals surface area contributed by atoms with Crippen LogP contribution in [0.5, 0.6) is 5.75 Å². The van der Waals surface area contributed by atoms with E-state index in [0.717, 1.165) is 58.9 Å². The first kappa shape index (κ1) is 22.6. The molecule has 5 rings (SSSR count). The number of amides is 1. The van der Waals surface area contributed by atoms with E-state index in [0.29, 0.717) is 11.4 Å². The Morgan fingerprint density at radius 2 is 1.91 bits per heavy atom. The van der Waals surface area contributed by atoms with E-state index in [1.165, 1.54) is 16.9 Å². The van der Waals surface area contributed by atoms with E-state index < -0.39 is 0 Å². The Labute approximate surface area is 206 Å². The maximum atomic E-state index is 12.6. The Bertz CT molecular complexity index is 1290. The number of rotatable bonds is 7. The van der Waals surface area contributed by atoms with Crippen LogP contribution in [0.2, 0.25) is 0 Å². The minimum Gasteiger partial charge on any atom is -0.497 e. The van der Waals surface area contributed by atoms with Crippen molar-refractivity contribution in [3.05, 3.63) is 70.2 Å². The lowest BCUT2D eigenvalue weighted by Gasteiger charge is -2.12. The molecule has 2 aromatic heterocycles. The number of ether oxygens (including phenoxy) is 1. The summed E-state index contributed by atoms with van der Waals surface area (Å²) in [4.78, 5) is 19.1. The van der Waals surface area contributed by atoms with E-state index >= 15 is 0 Å². The highest BCUT2D eigenvalue weighted by Gasteiger charge is 2.22. The predicted octanol–water partition coefficient (Wildman–Crippen LogP) is 5.24. The second-order valence-corrected chi connectivity index (χ2v) is 10.0. The van der Waals surface area contributed by atoms with E-state index in [4.69, 9.17) is 4.74 Å². The first-order chi connectivity index (χ1) is 16.6. The van der Waals surface area contributed by atoms with E-state index in [2.05, 4.69) is 50.9 Å². The second-order valence-electron chi connectivity index (χ2n) is 8.12. The molecule has 0 saturated carbocycles. The zero-order chi connectivity index (χ0) is 23.5. The quantitative estimate of drug-likeness (QED) is 0.329. The van der Waals surface area contributed by atoms with E-state index in [9.17, 15) is 4.79 Å². The van der Waals surface area contributed by atoms with Crippen LogP contribution in [-0.2, 0) is 5.75 Å². The molecule has 9 heteroatoms. The fourth-order valence-electron chi connectivity index (χ4n) is 3.92. The largest absolute Gasteiger partial charge is 0.497 e. The second kappa shape index (κ2) is 9.99. The number of hydrogen-bond acceptors (Lipinski definition) is 7. The number of carbonyl (C=O) groups excluding carboxylic acids is 1. The normalized spacial score (nSPS) is 13.4. The van der Waals surface area contributed by atoms with Crippen LogP contribution in [0.15, 0.2) is 59.1 Å². The molecule has 174 valence electrons. The van der Waals surface area contributed by atoms with Gasteiger partial charge in [-0.25, -0.2) is 4.98 Å². The smallest absolute Gasteiger partial charge is 0.273 e. The van der Waals surface area contributed by atoms with Crippen molar-refractivity contribution in [2.45, 2.75) is 30.7 Å². The topological polar surface area (TPSA) is 73.1 Å². The fourth-order valence-corrected chi connectivity index (χ4v) is 5.66. The molecule has 1 amide bonds. The van der Waals surface area contributed by atoms with Gasteiger partial charge in [-0.05, 0) is 44.0 Å². The number of thioether (sulfide) groups is 1. The molecule has 0 unspecified atom stereocenters. The molecule has 1 aliphatic heterocycles. The minimum absolute atomic E-state index is 0.0353. The van der Waals surface area contributed by atoms with Gasteiger partial charge in [0, 0.05) is 29.7 Å².